The van der Waals surface area contributed by atoms with E-state index < -0.39 is 0 Å². The van der Waals surface area contributed by atoms with Crippen LogP contribution in [0.1, 0.15) is 44.1 Å². The van der Waals surface area contributed by atoms with Gasteiger partial charge in [0.25, 0.3) is 0 Å². The molecule has 1 aromatic heterocycles. The maximum Gasteiger partial charge on any atom is 0.317 e. The van der Waals surface area contributed by atoms with E-state index in [4.69, 9.17) is 0 Å². The molecule has 0 aromatic carbocycles. The molecule has 0 radical (unpaired) electrons. The molecular weight excluding hydrogens is 320 g/mol. The Hall–Kier alpha value is -2.15. The number of nitrogens with one attached hydrogen (secondary N) is 2. The third kappa shape index (κ3) is 4.48. The molecule has 0 unspecified atom stereocenters. The first-order valence-corrected chi connectivity index (χ1v) is 9.07. The number of anilines is 1. The van der Waals surface area contributed by atoms with Gasteiger partial charge in [-0.25, -0.2) is 4.79 Å². The number of likely N-dealkylation sites (tertiary alicyclic amines) is 1. The van der Waals surface area contributed by atoms with Crippen LogP contribution in [-0.4, -0.2) is 46.1 Å². The summed E-state index contributed by atoms with van der Waals surface area (Å²) in [6.07, 6.45) is 9.14. The van der Waals surface area contributed by atoms with Crippen LogP contribution in [0.2, 0.25) is 0 Å². The molecular formula is C18H26N4O3. The summed E-state index contributed by atoms with van der Waals surface area (Å²) in [7, 11) is 0. The zero-order chi connectivity index (χ0) is 17.6. The maximum atomic E-state index is 12.6. The summed E-state index contributed by atoms with van der Waals surface area (Å²) in [6.45, 7) is 0.967. The van der Waals surface area contributed by atoms with Crippen LogP contribution >= 0.6 is 0 Å². The highest BCUT2D eigenvalue weighted by molar-refractivity contribution is 5.93. The van der Waals surface area contributed by atoms with E-state index in [1.54, 1.807) is 17.2 Å². The van der Waals surface area contributed by atoms with Crippen molar-refractivity contribution < 1.29 is 14.7 Å². The van der Waals surface area contributed by atoms with Crippen molar-refractivity contribution in [3.63, 3.8) is 0 Å². The lowest BCUT2D eigenvalue weighted by molar-refractivity contribution is -0.121. The molecule has 1 aliphatic carbocycles. The number of aliphatic hydroxyl groups is 1. The number of urea groups is 1. The van der Waals surface area contributed by atoms with Crippen LogP contribution in [0.4, 0.5) is 10.5 Å². The van der Waals surface area contributed by atoms with Gasteiger partial charge in [0.1, 0.15) is 0 Å². The van der Waals surface area contributed by atoms with Crippen LogP contribution in [0.15, 0.2) is 18.5 Å². The van der Waals surface area contributed by atoms with Gasteiger partial charge < -0.3 is 20.6 Å². The lowest BCUT2D eigenvalue weighted by Crippen LogP contribution is -2.49. The van der Waals surface area contributed by atoms with E-state index in [2.05, 4.69) is 15.6 Å². The highest BCUT2D eigenvalue weighted by atomic mass is 16.3. The quantitative estimate of drug-likeness (QED) is 0.776. The third-order valence-electron chi connectivity index (χ3n) is 5.10. The number of amides is 3. The second-order valence-electron chi connectivity index (χ2n) is 6.90. The number of carbonyl (C=O) groups excluding carboxylic acids is 2. The summed E-state index contributed by atoms with van der Waals surface area (Å²) in [5, 5.41) is 15.3. The molecule has 2 aliphatic rings. The fourth-order valence-corrected chi connectivity index (χ4v) is 3.62. The molecule has 3 N–H and O–H groups in total. The van der Waals surface area contributed by atoms with Crippen molar-refractivity contribution in [2.75, 3.05) is 18.4 Å². The second-order valence-corrected chi connectivity index (χ2v) is 6.90. The van der Waals surface area contributed by atoms with Gasteiger partial charge in [0.15, 0.2) is 0 Å². The monoisotopic (exact) mass is 346 g/mol. The van der Waals surface area contributed by atoms with Gasteiger partial charge in [-0.1, -0.05) is 12.8 Å². The van der Waals surface area contributed by atoms with Gasteiger partial charge in [0.05, 0.1) is 24.4 Å². The Bertz CT molecular complexity index is 616. The lowest BCUT2D eigenvalue weighted by atomic mass is 9.97. The molecule has 3 amide bonds. The Labute approximate surface area is 147 Å². The molecule has 1 saturated heterocycles. The molecule has 7 heteroatoms. The fraction of sp³-hybridized carbons (Fsp3) is 0.611. The minimum Gasteiger partial charge on any atom is -0.392 e. The highest BCUT2D eigenvalue weighted by Gasteiger charge is 2.30. The van der Waals surface area contributed by atoms with Gasteiger partial charge in [-0.15, -0.1) is 0 Å². The van der Waals surface area contributed by atoms with Crippen LogP contribution in [0.5, 0.6) is 0 Å². The Morgan fingerprint density at radius 3 is 2.80 bits per heavy atom. The summed E-state index contributed by atoms with van der Waals surface area (Å²) < 4.78 is 0. The minimum atomic E-state index is -0.241. The molecule has 25 heavy (non-hydrogen) atoms. The number of rotatable bonds is 4. The smallest absolute Gasteiger partial charge is 0.317 e. The molecule has 1 aromatic rings. The SMILES string of the molecule is O=C(Nc1cnccc1CO)[C@@H]1CCCN(C(=O)NC2CCCC2)C1. The van der Waals surface area contributed by atoms with Gasteiger partial charge in [0.2, 0.25) is 5.91 Å². The van der Waals surface area contributed by atoms with E-state index in [0.29, 0.717) is 24.3 Å². The van der Waals surface area contributed by atoms with Gasteiger partial charge >= 0.3 is 6.03 Å². The lowest BCUT2D eigenvalue weighted by Gasteiger charge is -2.33. The van der Waals surface area contributed by atoms with Crippen LogP contribution in [-0.2, 0) is 11.4 Å². The van der Waals surface area contributed by atoms with E-state index >= 15 is 0 Å². The predicted octanol–water partition coefficient (Wildman–Crippen LogP) is 1.88. The molecule has 1 saturated carbocycles. The third-order valence-corrected chi connectivity index (χ3v) is 5.10. The number of aromatic nitrogens is 1. The Kier molecular flexibility index (Phi) is 5.86. The molecule has 7 nitrogen and oxygen atoms in total. The van der Waals surface area contributed by atoms with E-state index in [1.807, 2.05) is 0 Å². The largest absolute Gasteiger partial charge is 0.392 e. The normalized spacial score (nSPS) is 21.2. The van der Waals surface area contributed by atoms with Crippen molar-refractivity contribution in [1.29, 1.82) is 0 Å². The van der Waals surface area contributed by atoms with E-state index in [0.717, 1.165) is 25.7 Å². The van der Waals surface area contributed by atoms with E-state index in [9.17, 15) is 14.7 Å². The van der Waals surface area contributed by atoms with Gasteiger partial charge in [-0.05, 0) is 31.7 Å². The van der Waals surface area contributed by atoms with Gasteiger partial charge in [-0.2, -0.15) is 0 Å². The summed E-state index contributed by atoms with van der Waals surface area (Å²) in [4.78, 5) is 30.7. The molecule has 2 heterocycles. The highest BCUT2D eigenvalue weighted by Crippen LogP contribution is 2.22. The van der Waals surface area contributed by atoms with Crippen molar-refractivity contribution in [3.05, 3.63) is 24.0 Å². The van der Waals surface area contributed by atoms with E-state index in [-0.39, 0.29) is 30.5 Å². The number of nitrogens with zero attached hydrogens (tertiary/aromatic N) is 2. The second kappa shape index (κ2) is 8.29. The van der Waals surface area contributed by atoms with Crippen LogP contribution in [0, 0.1) is 5.92 Å². The molecule has 0 bridgehead atoms. The summed E-state index contributed by atoms with van der Waals surface area (Å²) >= 11 is 0. The Morgan fingerprint density at radius 1 is 1.24 bits per heavy atom. The van der Waals surface area contributed by atoms with Gasteiger partial charge in [-0.3, -0.25) is 9.78 Å². The van der Waals surface area contributed by atoms with Crippen LogP contribution < -0.4 is 10.6 Å². The number of hydrogen-bond donors (Lipinski definition) is 3. The predicted molar refractivity (Wildman–Crippen MR) is 93.9 cm³/mol. The Balaban J connectivity index is 1.56. The molecule has 2 fully saturated rings. The molecule has 1 aliphatic heterocycles. The van der Waals surface area contributed by atoms with Crippen LogP contribution in [0.25, 0.3) is 0 Å². The first-order valence-electron chi connectivity index (χ1n) is 9.07. The summed E-state index contributed by atoms with van der Waals surface area (Å²) in [6, 6.07) is 1.91. The van der Waals surface area contributed by atoms with Crippen molar-refractivity contribution in [2.24, 2.45) is 5.92 Å². The Morgan fingerprint density at radius 2 is 2.04 bits per heavy atom. The number of hydrogen-bond acceptors (Lipinski definition) is 4. The van der Waals surface area contributed by atoms with Crippen molar-refractivity contribution in [1.82, 2.24) is 15.2 Å². The van der Waals surface area contributed by atoms with Crippen molar-refractivity contribution in [2.45, 2.75) is 51.2 Å². The first kappa shape index (κ1) is 17.7. The molecule has 0 spiro atoms. The zero-order valence-corrected chi connectivity index (χ0v) is 14.4. The fourth-order valence-electron chi connectivity index (χ4n) is 3.62. The van der Waals surface area contributed by atoms with Crippen molar-refractivity contribution >= 4 is 17.6 Å². The summed E-state index contributed by atoms with van der Waals surface area (Å²) in [5.41, 5.74) is 1.16. The molecule has 136 valence electrons. The molecule has 3 rings (SSSR count). The summed E-state index contributed by atoms with van der Waals surface area (Å²) in [5.74, 6) is -0.365. The standard InChI is InChI=1S/C18H26N4O3/c23-12-14-7-8-19-10-16(14)21-17(24)13-4-3-9-22(11-13)18(25)20-15-5-1-2-6-15/h7-8,10,13,15,23H,1-6,9,11-12H2,(H,20,25)(H,21,24)/t13-/m1/s1. The minimum absolute atomic E-state index is 0.0539. The average Bonchev–Trinajstić information content (AvgIpc) is 3.15. The molecule has 1 atom stereocenters. The zero-order valence-electron chi connectivity index (χ0n) is 14.4. The maximum absolute atomic E-state index is 12.6. The van der Waals surface area contributed by atoms with Crippen LogP contribution in [0.3, 0.4) is 0 Å². The topological polar surface area (TPSA) is 94.6 Å². The van der Waals surface area contributed by atoms with E-state index in [1.165, 1.54) is 19.0 Å². The number of pyridine rings is 1. The van der Waals surface area contributed by atoms with Gasteiger partial charge in [0, 0.05) is 30.9 Å². The first-order chi connectivity index (χ1) is 12.2. The number of carbonyl (C=O) groups is 2. The number of aliphatic hydroxyl groups excluding tert-OH is 1. The average molecular weight is 346 g/mol. The number of piperidine rings is 1. The van der Waals surface area contributed by atoms with Crippen molar-refractivity contribution in [3.8, 4) is 0 Å².